The van der Waals surface area contributed by atoms with Crippen LogP contribution >= 0.6 is 0 Å². The summed E-state index contributed by atoms with van der Waals surface area (Å²) in [5.74, 6) is -2.74. The second-order valence-corrected chi connectivity index (χ2v) is 7.07. The number of aliphatic hydroxyl groups excluding tert-OH is 1. The number of non-ortho nitro benzene ring substituents is 1. The summed E-state index contributed by atoms with van der Waals surface area (Å²) < 4.78 is 5.14. The van der Waals surface area contributed by atoms with Crippen molar-refractivity contribution in [2.45, 2.75) is 18.9 Å². The van der Waals surface area contributed by atoms with E-state index in [1.165, 1.54) is 36.3 Å². The highest BCUT2D eigenvalue weighted by molar-refractivity contribution is 6.46. The number of carboxylic acid groups (broad SMARTS) is 1. The van der Waals surface area contributed by atoms with E-state index >= 15 is 0 Å². The van der Waals surface area contributed by atoms with Crippen LogP contribution in [0.2, 0.25) is 0 Å². The highest BCUT2D eigenvalue weighted by Crippen LogP contribution is 2.40. The molecular weight excluding hydrogens is 420 g/mol. The number of ether oxygens (including phenoxy) is 1. The maximum atomic E-state index is 12.9. The predicted octanol–water partition coefficient (Wildman–Crippen LogP) is 2.89. The van der Waals surface area contributed by atoms with Crippen LogP contribution in [0.3, 0.4) is 0 Å². The van der Waals surface area contributed by atoms with E-state index in [2.05, 4.69) is 0 Å². The number of methoxy groups -OCH3 is 1. The molecule has 2 aromatic rings. The number of carboxylic acids is 1. The number of aliphatic hydroxyl groups is 1. The first-order valence-corrected chi connectivity index (χ1v) is 9.63. The van der Waals surface area contributed by atoms with Crippen molar-refractivity contribution in [2.24, 2.45) is 0 Å². The summed E-state index contributed by atoms with van der Waals surface area (Å²) in [4.78, 5) is 48.0. The van der Waals surface area contributed by atoms with Gasteiger partial charge in [0.15, 0.2) is 0 Å². The Labute approximate surface area is 182 Å². The molecule has 0 radical (unpaired) electrons. The van der Waals surface area contributed by atoms with E-state index in [0.717, 1.165) is 0 Å². The molecule has 10 heteroatoms. The molecule has 1 fully saturated rings. The number of Topliss-reactive ketones (excluding diaryl/α,β-unsaturated/α-hetero) is 1. The van der Waals surface area contributed by atoms with Gasteiger partial charge in [0.25, 0.3) is 17.4 Å². The number of benzene rings is 2. The second-order valence-electron chi connectivity index (χ2n) is 7.07. The number of hydrogen-bond acceptors (Lipinski definition) is 7. The summed E-state index contributed by atoms with van der Waals surface area (Å²) in [6.07, 6.45) is -0.0761. The van der Waals surface area contributed by atoms with Gasteiger partial charge in [-0.05, 0) is 36.2 Å². The first-order chi connectivity index (χ1) is 15.2. The third-order valence-electron chi connectivity index (χ3n) is 5.11. The maximum absolute atomic E-state index is 12.9. The maximum Gasteiger partial charge on any atom is 0.303 e. The molecule has 1 amide bonds. The first-order valence-electron chi connectivity index (χ1n) is 9.63. The van der Waals surface area contributed by atoms with Crippen LogP contribution < -0.4 is 4.74 Å². The third kappa shape index (κ3) is 4.43. The van der Waals surface area contributed by atoms with Crippen molar-refractivity contribution in [3.8, 4) is 5.75 Å². The number of nitro benzene ring substituents is 1. The Balaban J connectivity index is 2.08. The number of nitrogens with zero attached hydrogens (tertiary/aromatic N) is 2. The average molecular weight is 440 g/mol. The lowest BCUT2D eigenvalue weighted by atomic mass is 9.95. The molecule has 32 heavy (non-hydrogen) atoms. The fraction of sp³-hybridized carbons (Fsp3) is 0.227. The minimum absolute atomic E-state index is 0.00931. The summed E-state index contributed by atoms with van der Waals surface area (Å²) in [6, 6.07) is 10.5. The lowest BCUT2D eigenvalue weighted by Gasteiger charge is -2.25. The van der Waals surface area contributed by atoms with Crippen molar-refractivity contribution in [2.75, 3.05) is 13.7 Å². The van der Waals surface area contributed by atoms with Crippen molar-refractivity contribution in [1.82, 2.24) is 4.90 Å². The zero-order valence-electron chi connectivity index (χ0n) is 17.1. The molecule has 1 heterocycles. The van der Waals surface area contributed by atoms with E-state index < -0.39 is 34.4 Å². The van der Waals surface area contributed by atoms with Crippen LogP contribution in [0.4, 0.5) is 5.69 Å². The van der Waals surface area contributed by atoms with Gasteiger partial charge in [-0.2, -0.15) is 0 Å². The zero-order chi connectivity index (χ0) is 23.4. The fourth-order valence-corrected chi connectivity index (χ4v) is 3.54. The van der Waals surface area contributed by atoms with Gasteiger partial charge < -0.3 is 19.8 Å². The highest BCUT2D eigenvalue weighted by Gasteiger charge is 2.45. The summed E-state index contributed by atoms with van der Waals surface area (Å²) in [6.45, 7) is -0.00931. The van der Waals surface area contributed by atoms with E-state index in [-0.39, 0.29) is 36.2 Å². The largest absolute Gasteiger partial charge is 0.507 e. The summed E-state index contributed by atoms with van der Waals surface area (Å²) in [5, 5.41) is 30.7. The fourth-order valence-electron chi connectivity index (χ4n) is 3.54. The number of hydrogen-bond donors (Lipinski definition) is 2. The SMILES string of the molecule is COc1ccc(C2C(=C(O)c3ccc([N+](=O)[O-])cc3)C(=O)C(=O)N2CCCC(=O)O)cc1. The van der Waals surface area contributed by atoms with Crippen LogP contribution in [0, 0.1) is 10.1 Å². The topological polar surface area (TPSA) is 147 Å². The number of aliphatic carboxylic acids is 1. The number of carbonyl (C=O) groups is 3. The number of amides is 1. The normalized spacial score (nSPS) is 17.4. The quantitative estimate of drug-likeness (QED) is 0.209. The summed E-state index contributed by atoms with van der Waals surface area (Å²) in [7, 11) is 1.49. The van der Waals surface area contributed by atoms with Crippen molar-refractivity contribution in [1.29, 1.82) is 0 Å². The molecular formula is C22H20N2O8. The lowest BCUT2D eigenvalue weighted by molar-refractivity contribution is -0.384. The Hall–Kier alpha value is -4.21. The number of nitro groups is 1. The molecule has 0 bridgehead atoms. The van der Waals surface area contributed by atoms with Crippen molar-refractivity contribution in [3.63, 3.8) is 0 Å². The molecule has 0 saturated carbocycles. The van der Waals surface area contributed by atoms with Gasteiger partial charge in [0, 0.05) is 30.7 Å². The van der Waals surface area contributed by atoms with Crippen LogP contribution in [0.5, 0.6) is 5.75 Å². The van der Waals surface area contributed by atoms with E-state index in [4.69, 9.17) is 9.84 Å². The first kappa shape index (κ1) is 22.5. The predicted molar refractivity (Wildman–Crippen MR) is 112 cm³/mol. The molecule has 0 aliphatic carbocycles. The van der Waals surface area contributed by atoms with Gasteiger partial charge >= 0.3 is 5.97 Å². The standard InChI is InChI=1S/C22H20N2O8/c1-32-16-10-6-13(7-11-16)19-18(20(27)14-4-8-15(9-5-14)24(30)31)21(28)22(29)23(19)12-2-3-17(25)26/h4-11,19,27H,2-3,12H2,1H3,(H,25,26). The van der Waals surface area contributed by atoms with Gasteiger partial charge in [-0.3, -0.25) is 24.5 Å². The Morgan fingerprint density at radius 1 is 1.09 bits per heavy atom. The zero-order valence-corrected chi connectivity index (χ0v) is 17.1. The Kier molecular flexibility index (Phi) is 6.53. The molecule has 3 rings (SSSR count). The lowest BCUT2D eigenvalue weighted by Crippen LogP contribution is -2.31. The molecule has 1 saturated heterocycles. The smallest absolute Gasteiger partial charge is 0.303 e. The van der Waals surface area contributed by atoms with E-state index in [9.17, 15) is 29.6 Å². The number of likely N-dealkylation sites (tertiary alicyclic amines) is 1. The molecule has 2 N–H and O–H groups in total. The molecule has 0 aromatic heterocycles. The minimum Gasteiger partial charge on any atom is -0.507 e. The van der Waals surface area contributed by atoms with Crippen molar-refractivity contribution >= 4 is 29.1 Å². The molecule has 1 aliphatic rings. The minimum atomic E-state index is -1.03. The van der Waals surface area contributed by atoms with Crippen LogP contribution in [0.1, 0.15) is 30.0 Å². The van der Waals surface area contributed by atoms with E-state index in [1.807, 2.05) is 0 Å². The number of ketones is 1. The van der Waals surface area contributed by atoms with Crippen LogP contribution in [0.15, 0.2) is 54.1 Å². The Morgan fingerprint density at radius 2 is 1.72 bits per heavy atom. The van der Waals surface area contributed by atoms with Gasteiger partial charge in [-0.25, -0.2) is 0 Å². The monoisotopic (exact) mass is 440 g/mol. The van der Waals surface area contributed by atoms with Gasteiger partial charge in [0.2, 0.25) is 0 Å². The van der Waals surface area contributed by atoms with Crippen LogP contribution in [-0.4, -0.2) is 51.4 Å². The molecule has 1 unspecified atom stereocenters. The van der Waals surface area contributed by atoms with Gasteiger partial charge in [-0.15, -0.1) is 0 Å². The molecule has 1 atom stereocenters. The van der Waals surface area contributed by atoms with E-state index in [1.54, 1.807) is 24.3 Å². The van der Waals surface area contributed by atoms with Gasteiger partial charge in [-0.1, -0.05) is 12.1 Å². The molecule has 2 aromatic carbocycles. The van der Waals surface area contributed by atoms with Crippen LogP contribution in [-0.2, 0) is 14.4 Å². The Bertz CT molecular complexity index is 1090. The molecule has 10 nitrogen and oxygen atoms in total. The van der Waals surface area contributed by atoms with Crippen molar-refractivity contribution in [3.05, 3.63) is 75.3 Å². The van der Waals surface area contributed by atoms with Crippen LogP contribution in [0.25, 0.3) is 5.76 Å². The van der Waals surface area contributed by atoms with Gasteiger partial charge in [0.05, 0.1) is 23.6 Å². The molecule has 0 spiro atoms. The van der Waals surface area contributed by atoms with E-state index in [0.29, 0.717) is 11.3 Å². The second kappa shape index (κ2) is 9.29. The van der Waals surface area contributed by atoms with Crippen molar-refractivity contribution < 1.29 is 34.3 Å². The summed E-state index contributed by atoms with van der Waals surface area (Å²) >= 11 is 0. The third-order valence-corrected chi connectivity index (χ3v) is 5.11. The average Bonchev–Trinajstić information content (AvgIpc) is 3.03. The Morgan fingerprint density at radius 3 is 2.25 bits per heavy atom. The van der Waals surface area contributed by atoms with Gasteiger partial charge in [0.1, 0.15) is 11.5 Å². The summed E-state index contributed by atoms with van der Waals surface area (Å²) in [5.41, 5.74) is 0.285. The number of rotatable bonds is 8. The molecule has 166 valence electrons. The highest BCUT2D eigenvalue weighted by atomic mass is 16.6. The molecule has 1 aliphatic heterocycles. The number of carbonyl (C=O) groups excluding carboxylic acids is 2.